The highest BCUT2D eigenvalue weighted by atomic mass is 19.1. The zero-order valence-corrected chi connectivity index (χ0v) is 11.2. The van der Waals surface area contributed by atoms with Crippen LogP contribution in [0.15, 0.2) is 12.1 Å². The summed E-state index contributed by atoms with van der Waals surface area (Å²) in [6, 6.07) is 2.36. The van der Waals surface area contributed by atoms with E-state index in [4.69, 9.17) is 0 Å². The number of unbranched alkanes of at least 4 members (excludes halogenated alkanes) is 1. The number of carbonyl (C=O) groups excluding carboxylic acids is 1. The molecule has 0 atom stereocenters. The molecule has 0 bridgehead atoms. The molecule has 18 heavy (non-hydrogen) atoms. The Hall–Kier alpha value is -1.42. The highest BCUT2D eigenvalue weighted by molar-refractivity contribution is 5.97. The van der Waals surface area contributed by atoms with E-state index in [-0.39, 0.29) is 17.1 Å². The van der Waals surface area contributed by atoms with E-state index in [9.17, 15) is 14.3 Å². The first-order valence-corrected chi connectivity index (χ1v) is 6.16. The van der Waals surface area contributed by atoms with E-state index < -0.39 is 5.82 Å². The Morgan fingerprint density at radius 1 is 1.44 bits per heavy atom. The van der Waals surface area contributed by atoms with Crippen LogP contribution in [0.25, 0.3) is 0 Å². The average Bonchev–Trinajstić information content (AvgIpc) is 2.30. The number of aromatic hydroxyl groups is 1. The first-order chi connectivity index (χ1) is 8.45. The molecular formula is C14H20FNO2. The fourth-order valence-electron chi connectivity index (χ4n) is 1.84. The van der Waals surface area contributed by atoms with E-state index in [2.05, 4.69) is 6.92 Å². The summed E-state index contributed by atoms with van der Waals surface area (Å²) in [7, 11) is 1.91. The number of nitrogens with zero attached hydrogens (tertiary/aromatic N) is 1. The van der Waals surface area contributed by atoms with Crippen molar-refractivity contribution in [2.45, 2.75) is 33.2 Å². The molecule has 0 unspecified atom stereocenters. The monoisotopic (exact) mass is 253 g/mol. The Balaban J connectivity index is 2.91. The molecule has 0 fully saturated rings. The van der Waals surface area contributed by atoms with Crippen molar-refractivity contribution in [1.29, 1.82) is 0 Å². The molecule has 3 nitrogen and oxygen atoms in total. The van der Waals surface area contributed by atoms with Gasteiger partial charge in [0, 0.05) is 12.1 Å². The van der Waals surface area contributed by atoms with E-state index in [0.29, 0.717) is 12.1 Å². The third-order valence-corrected chi connectivity index (χ3v) is 2.87. The Bertz CT molecular complexity index is 432. The van der Waals surface area contributed by atoms with Gasteiger partial charge >= 0.3 is 0 Å². The second-order valence-electron chi connectivity index (χ2n) is 4.61. The summed E-state index contributed by atoms with van der Waals surface area (Å²) < 4.78 is 13.4. The molecule has 0 aliphatic rings. The van der Waals surface area contributed by atoms with Crippen molar-refractivity contribution < 1.29 is 14.3 Å². The maximum Gasteiger partial charge on any atom is 0.163 e. The van der Waals surface area contributed by atoms with Crippen LogP contribution in [0.4, 0.5) is 4.39 Å². The lowest BCUT2D eigenvalue weighted by atomic mass is 10.0. The molecule has 1 aromatic rings. The molecule has 0 aliphatic heterocycles. The largest absolute Gasteiger partial charge is 0.507 e. The Kier molecular flexibility index (Phi) is 5.28. The summed E-state index contributed by atoms with van der Waals surface area (Å²) in [5.41, 5.74) is 0.507. The van der Waals surface area contributed by atoms with Crippen LogP contribution in [-0.2, 0) is 6.54 Å². The van der Waals surface area contributed by atoms with Crippen molar-refractivity contribution >= 4 is 5.78 Å². The molecule has 0 aromatic heterocycles. The molecule has 0 heterocycles. The van der Waals surface area contributed by atoms with E-state index in [0.717, 1.165) is 25.5 Å². The molecule has 0 saturated carbocycles. The first-order valence-electron chi connectivity index (χ1n) is 6.16. The minimum absolute atomic E-state index is 0.0499. The van der Waals surface area contributed by atoms with Crippen LogP contribution in [0.2, 0.25) is 0 Å². The number of rotatable bonds is 6. The molecule has 0 amide bonds. The van der Waals surface area contributed by atoms with Crippen LogP contribution in [0.5, 0.6) is 5.75 Å². The van der Waals surface area contributed by atoms with Crippen molar-refractivity contribution in [3.63, 3.8) is 0 Å². The predicted molar refractivity (Wildman–Crippen MR) is 69.3 cm³/mol. The minimum Gasteiger partial charge on any atom is -0.507 e. The highest BCUT2D eigenvalue weighted by Crippen LogP contribution is 2.25. The number of hydrogen-bond donors (Lipinski definition) is 1. The first kappa shape index (κ1) is 14.6. The van der Waals surface area contributed by atoms with E-state index in [1.807, 2.05) is 11.9 Å². The summed E-state index contributed by atoms with van der Waals surface area (Å²) in [5, 5.41) is 9.94. The van der Waals surface area contributed by atoms with Crippen LogP contribution in [0.1, 0.15) is 42.6 Å². The van der Waals surface area contributed by atoms with Gasteiger partial charge in [-0.2, -0.15) is 0 Å². The van der Waals surface area contributed by atoms with Gasteiger partial charge in [0.25, 0.3) is 0 Å². The van der Waals surface area contributed by atoms with Gasteiger partial charge in [0.15, 0.2) is 5.78 Å². The van der Waals surface area contributed by atoms with Crippen molar-refractivity contribution in [2.75, 3.05) is 13.6 Å². The smallest absolute Gasteiger partial charge is 0.163 e. The lowest BCUT2D eigenvalue weighted by Crippen LogP contribution is -2.19. The zero-order chi connectivity index (χ0) is 13.7. The van der Waals surface area contributed by atoms with Crippen molar-refractivity contribution in [3.05, 3.63) is 29.1 Å². The Morgan fingerprint density at radius 3 is 2.67 bits per heavy atom. The lowest BCUT2D eigenvalue weighted by molar-refractivity contribution is 0.101. The number of benzene rings is 1. The van der Waals surface area contributed by atoms with Gasteiger partial charge in [0.1, 0.15) is 11.6 Å². The summed E-state index contributed by atoms with van der Waals surface area (Å²) in [4.78, 5) is 13.3. The fourth-order valence-corrected chi connectivity index (χ4v) is 1.84. The molecule has 1 N–H and O–H groups in total. The third kappa shape index (κ3) is 3.81. The normalized spacial score (nSPS) is 10.9. The van der Waals surface area contributed by atoms with Gasteiger partial charge in [0.2, 0.25) is 0 Å². The van der Waals surface area contributed by atoms with Crippen LogP contribution < -0.4 is 0 Å². The van der Waals surface area contributed by atoms with Crippen LogP contribution in [0.3, 0.4) is 0 Å². The van der Waals surface area contributed by atoms with Gasteiger partial charge in [-0.1, -0.05) is 13.3 Å². The van der Waals surface area contributed by atoms with Crippen LogP contribution in [0, 0.1) is 5.82 Å². The van der Waals surface area contributed by atoms with Gasteiger partial charge < -0.3 is 10.0 Å². The van der Waals surface area contributed by atoms with Gasteiger partial charge in [-0.25, -0.2) is 4.39 Å². The summed E-state index contributed by atoms with van der Waals surface area (Å²) in [5.74, 6) is -0.923. The third-order valence-electron chi connectivity index (χ3n) is 2.87. The maximum atomic E-state index is 13.4. The standard InChI is InChI=1S/C14H20FNO2/c1-4-5-6-16(3)9-11-7-12(15)8-13(10(2)17)14(11)18/h7-8,18H,4-6,9H2,1-3H3. The number of carbonyl (C=O) groups is 1. The molecule has 0 aliphatic carbocycles. The van der Waals surface area contributed by atoms with Crippen molar-refractivity contribution in [1.82, 2.24) is 4.90 Å². The molecule has 4 heteroatoms. The summed E-state index contributed by atoms with van der Waals surface area (Å²) in [6.45, 7) is 4.73. The minimum atomic E-state index is -0.489. The molecule has 0 saturated heterocycles. The van der Waals surface area contributed by atoms with Crippen LogP contribution >= 0.6 is 0 Å². The molecule has 0 radical (unpaired) electrons. The number of Topliss-reactive ketones (excluding diaryl/α,β-unsaturated/α-hetero) is 1. The van der Waals surface area contributed by atoms with Gasteiger partial charge in [-0.3, -0.25) is 4.79 Å². The number of phenols is 1. The quantitative estimate of drug-likeness (QED) is 0.792. The van der Waals surface area contributed by atoms with Gasteiger partial charge in [-0.15, -0.1) is 0 Å². The second-order valence-corrected chi connectivity index (χ2v) is 4.61. The van der Waals surface area contributed by atoms with Crippen LogP contribution in [-0.4, -0.2) is 29.4 Å². The van der Waals surface area contributed by atoms with Crippen molar-refractivity contribution in [2.24, 2.45) is 0 Å². The number of hydrogen-bond acceptors (Lipinski definition) is 3. The topological polar surface area (TPSA) is 40.5 Å². The zero-order valence-electron chi connectivity index (χ0n) is 11.2. The Labute approximate surface area is 107 Å². The maximum absolute atomic E-state index is 13.4. The molecule has 100 valence electrons. The number of halogens is 1. The van der Waals surface area contributed by atoms with Crippen molar-refractivity contribution in [3.8, 4) is 5.75 Å². The van der Waals surface area contributed by atoms with E-state index in [1.165, 1.54) is 13.0 Å². The average molecular weight is 253 g/mol. The SMILES string of the molecule is CCCCN(C)Cc1cc(F)cc(C(C)=O)c1O. The van der Waals surface area contributed by atoms with E-state index in [1.54, 1.807) is 0 Å². The summed E-state index contributed by atoms with van der Waals surface area (Å²) in [6.07, 6.45) is 2.13. The molecular weight excluding hydrogens is 233 g/mol. The Morgan fingerprint density at radius 2 is 2.11 bits per heavy atom. The number of ketones is 1. The second kappa shape index (κ2) is 6.50. The molecule has 1 aromatic carbocycles. The fraction of sp³-hybridized carbons (Fsp3) is 0.500. The number of phenolic OH excluding ortho intramolecular Hbond substituents is 1. The highest BCUT2D eigenvalue weighted by Gasteiger charge is 2.14. The molecule has 1 rings (SSSR count). The lowest BCUT2D eigenvalue weighted by Gasteiger charge is -2.17. The molecule has 0 spiro atoms. The van der Waals surface area contributed by atoms with Gasteiger partial charge in [0.05, 0.1) is 5.56 Å². The summed E-state index contributed by atoms with van der Waals surface area (Å²) >= 11 is 0. The predicted octanol–water partition coefficient (Wildman–Crippen LogP) is 2.97. The van der Waals surface area contributed by atoms with E-state index >= 15 is 0 Å². The van der Waals surface area contributed by atoms with Gasteiger partial charge in [-0.05, 0) is 39.1 Å².